The van der Waals surface area contributed by atoms with Crippen molar-refractivity contribution in [3.8, 4) is 6.07 Å². The molecule has 0 aliphatic carbocycles. The quantitative estimate of drug-likeness (QED) is 0.477. The molecule has 0 radical (unpaired) electrons. The van der Waals surface area contributed by atoms with Crippen LogP contribution in [0.4, 0.5) is 11.5 Å². The van der Waals surface area contributed by atoms with Gasteiger partial charge in [-0.25, -0.2) is 9.83 Å². The molecule has 33 heavy (non-hydrogen) atoms. The molecule has 0 saturated carbocycles. The molecule has 3 unspecified atom stereocenters. The largest absolute Gasteiger partial charge is 0.368 e. The van der Waals surface area contributed by atoms with Crippen molar-refractivity contribution in [3.05, 3.63) is 58.4 Å². The Morgan fingerprint density at radius 2 is 2.03 bits per heavy atom. The molecular formula is C25H28N6OS. The maximum absolute atomic E-state index is 12.4. The SMILES string of the molecule is [C-]#[N+]c1c(N(C)C2CC3CCC(C2)N3)nc(SC(C(N)=O)c2ccccc2)c(C#N)c1CC. The fourth-order valence-electron chi connectivity index (χ4n) is 5.04. The van der Waals surface area contributed by atoms with Crippen LogP contribution < -0.4 is 16.0 Å². The van der Waals surface area contributed by atoms with Crippen molar-refractivity contribution >= 4 is 29.2 Å². The summed E-state index contributed by atoms with van der Waals surface area (Å²) < 4.78 is 0. The number of nitriles is 1. The van der Waals surface area contributed by atoms with E-state index in [1.807, 2.05) is 44.3 Å². The first-order valence-electron chi connectivity index (χ1n) is 11.3. The average Bonchev–Trinajstić information content (AvgIpc) is 3.18. The van der Waals surface area contributed by atoms with Gasteiger partial charge in [0.1, 0.15) is 22.2 Å². The molecule has 2 aliphatic heterocycles. The zero-order valence-corrected chi connectivity index (χ0v) is 19.7. The van der Waals surface area contributed by atoms with Gasteiger partial charge in [0.2, 0.25) is 11.6 Å². The molecule has 3 heterocycles. The number of rotatable bonds is 7. The molecule has 7 nitrogen and oxygen atoms in total. The second-order valence-corrected chi connectivity index (χ2v) is 9.80. The van der Waals surface area contributed by atoms with Gasteiger partial charge in [0, 0.05) is 25.2 Å². The molecule has 2 bridgehead atoms. The number of carbonyl (C=O) groups is 1. The van der Waals surface area contributed by atoms with E-state index in [1.165, 1.54) is 24.6 Å². The summed E-state index contributed by atoms with van der Waals surface area (Å²) in [5.41, 5.74) is 7.99. The second-order valence-electron chi connectivity index (χ2n) is 8.70. The van der Waals surface area contributed by atoms with Crippen LogP contribution in [0.15, 0.2) is 35.4 Å². The van der Waals surface area contributed by atoms with E-state index >= 15 is 0 Å². The number of carbonyl (C=O) groups excluding carboxylic acids is 1. The summed E-state index contributed by atoms with van der Waals surface area (Å²) in [6, 6.07) is 12.8. The summed E-state index contributed by atoms with van der Waals surface area (Å²) in [6.07, 6.45) is 4.91. The standard InChI is InChI=1S/C25H28N6OS/c1-4-19-20(14-26)25(33-22(23(27)32)15-8-6-5-7-9-15)30-24(21(19)28-2)31(3)18-12-16-10-11-17(13-18)29-16/h5-9,16-18,22,29H,4,10-13H2,1,3H3,(H2,27,32). The van der Waals surface area contributed by atoms with E-state index in [4.69, 9.17) is 17.3 Å². The van der Waals surface area contributed by atoms with E-state index in [9.17, 15) is 10.1 Å². The molecular weight excluding hydrogens is 432 g/mol. The van der Waals surface area contributed by atoms with Gasteiger partial charge in [-0.15, -0.1) is 0 Å². The number of pyridine rings is 1. The third kappa shape index (κ3) is 4.55. The lowest BCUT2D eigenvalue weighted by atomic mass is 9.98. The maximum Gasteiger partial charge on any atom is 0.235 e. The minimum absolute atomic E-state index is 0.272. The molecule has 170 valence electrons. The second kappa shape index (κ2) is 9.82. The number of amides is 1. The Balaban J connectivity index is 1.78. The Labute approximate surface area is 199 Å². The van der Waals surface area contributed by atoms with E-state index in [0.29, 0.717) is 46.2 Å². The maximum atomic E-state index is 12.4. The fraction of sp³-hybridized carbons (Fsp3) is 0.440. The van der Waals surface area contributed by atoms with Crippen molar-refractivity contribution in [1.29, 1.82) is 5.26 Å². The number of nitrogens with one attached hydrogen (secondary N) is 1. The van der Waals surface area contributed by atoms with Crippen molar-refractivity contribution < 1.29 is 4.79 Å². The van der Waals surface area contributed by atoms with Gasteiger partial charge in [-0.3, -0.25) is 4.79 Å². The third-order valence-electron chi connectivity index (χ3n) is 6.72. The van der Waals surface area contributed by atoms with E-state index < -0.39 is 11.2 Å². The zero-order chi connectivity index (χ0) is 23.5. The van der Waals surface area contributed by atoms with Gasteiger partial charge in [-0.1, -0.05) is 49.0 Å². The van der Waals surface area contributed by atoms with E-state index in [1.54, 1.807) is 0 Å². The Bertz CT molecular complexity index is 1110. The first-order valence-corrected chi connectivity index (χ1v) is 12.2. The van der Waals surface area contributed by atoms with Crippen LogP contribution in [0.1, 0.15) is 54.5 Å². The number of thioether (sulfide) groups is 1. The first kappa shape index (κ1) is 23.1. The predicted molar refractivity (Wildman–Crippen MR) is 130 cm³/mol. The number of fused-ring (bicyclic) bond motifs is 2. The van der Waals surface area contributed by atoms with Gasteiger partial charge >= 0.3 is 0 Å². The fourth-order valence-corrected chi connectivity index (χ4v) is 6.10. The highest BCUT2D eigenvalue weighted by molar-refractivity contribution is 8.00. The lowest BCUT2D eigenvalue weighted by Gasteiger charge is -2.37. The van der Waals surface area contributed by atoms with Crippen LogP contribution in [0, 0.1) is 17.9 Å². The number of hydrogen-bond acceptors (Lipinski definition) is 6. The highest BCUT2D eigenvalue weighted by atomic mass is 32.2. The van der Waals surface area contributed by atoms with E-state index in [0.717, 1.165) is 18.4 Å². The number of nitrogens with two attached hydrogens (primary N) is 1. The molecule has 3 N–H and O–H groups in total. The monoisotopic (exact) mass is 460 g/mol. The average molecular weight is 461 g/mol. The molecule has 2 saturated heterocycles. The van der Waals surface area contributed by atoms with Crippen LogP contribution in [0.25, 0.3) is 4.85 Å². The Morgan fingerprint density at radius 3 is 2.58 bits per heavy atom. The molecule has 0 spiro atoms. The molecule has 4 rings (SSSR count). The zero-order valence-electron chi connectivity index (χ0n) is 18.9. The van der Waals surface area contributed by atoms with Gasteiger partial charge in [0.15, 0.2) is 0 Å². The first-order chi connectivity index (χ1) is 16.0. The molecule has 3 atom stereocenters. The lowest BCUT2D eigenvalue weighted by Crippen LogP contribution is -2.47. The highest BCUT2D eigenvalue weighted by Gasteiger charge is 2.37. The number of aromatic nitrogens is 1. The van der Waals surface area contributed by atoms with E-state index in [-0.39, 0.29) is 6.04 Å². The molecule has 1 aromatic carbocycles. The van der Waals surface area contributed by atoms with Crippen molar-refractivity contribution in [3.63, 3.8) is 0 Å². The Hall–Kier alpha value is -3.07. The number of anilines is 1. The van der Waals surface area contributed by atoms with Crippen LogP contribution in [0.2, 0.25) is 0 Å². The summed E-state index contributed by atoms with van der Waals surface area (Å²) in [7, 11) is 2.00. The summed E-state index contributed by atoms with van der Waals surface area (Å²) in [6.45, 7) is 9.81. The van der Waals surface area contributed by atoms with Gasteiger partial charge in [0.25, 0.3) is 0 Å². The summed E-state index contributed by atoms with van der Waals surface area (Å²) in [4.78, 5) is 23.1. The molecule has 2 aromatic rings. The summed E-state index contributed by atoms with van der Waals surface area (Å²) >= 11 is 1.19. The third-order valence-corrected chi connectivity index (χ3v) is 7.98. The highest BCUT2D eigenvalue weighted by Crippen LogP contribution is 2.43. The predicted octanol–water partition coefficient (Wildman–Crippen LogP) is 4.10. The molecule has 2 aliphatic rings. The summed E-state index contributed by atoms with van der Waals surface area (Å²) in [5.74, 6) is 0.0972. The van der Waals surface area contributed by atoms with Crippen LogP contribution >= 0.6 is 11.8 Å². The smallest absolute Gasteiger partial charge is 0.235 e. The van der Waals surface area contributed by atoms with Crippen molar-refractivity contribution in [1.82, 2.24) is 10.3 Å². The number of primary amides is 1. The lowest BCUT2D eigenvalue weighted by molar-refractivity contribution is -0.117. The van der Waals surface area contributed by atoms with Gasteiger partial charge in [-0.2, -0.15) is 5.26 Å². The Morgan fingerprint density at radius 1 is 1.36 bits per heavy atom. The topological polar surface area (TPSA) is 99.4 Å². The van der Waals surface area contributed by atoms with Gasteiger partial charge in [-0.05, 0) is 43.2 Å². The molecule has 8 heteroatoms. The minimum atomic E-state index is -0.679. The van der Waals surface area contributed by atoms with Gasteiger partial charge in [0.05, 0.1) is 12.1 Å². The van der Waals surface area contributed by atoms with Gasteiger partial charge < -0.3 is 16.0 Å². The number of benzene rings is 1. The van der Waals surface area contributed by atoms with Crippen LogP contribution in [-0.4, -0.2) is 36.1 Å². The van der Waals surface area contributed by atoms with Crippen LogP contribution in [0.3, 0.4) is 0 Å². The minimum Gasteiger partial charge on any atom is -0.368 e. The molecule has 2 fully saturated rings. The number of nitrogens with zero attached hydrogens (tertiary/aromatic N) is 4. The van der Waals surface area contributed by atoms with Crippen molar-refractivity contribution in [2.24, 2.45) is 5.73 Å². The number of hydrogen-bond donors (Lipinski definition) is 2. The van der Waals surface area contributed by atoms with Crippen LogP contribution in [-0.2, 0) is 11.2 Å². The van der Waals surface area contributed by atoms with E-state index in [2.05, 4.69) is 21.1 Å². The number of piperidine rings is 1. The van der Waals surface area contributed by atoms with Crippen molar-refractivity contribution in [2.75, 3.05) is 11.9 Å². The summed E-state index contributed by atoms with van der Waals surface area (Å²) in [5, 5.41) is 13.4. The Kier molecular flexibility index (Phi) is 6.88. The van der Waals surface area contributed by atoms with Crippen LogP contribution in [0.5, 0.6) is 0 Å². The normalized spacial score (nSPS) is 22.2. The molecule has 1 amide bonds. The molecule has 1 aromatic heterocycles. The van der Waals surface area contributed by atoms with Crippen molar-refractivity contribution in [2.45, 2.75) is 67.4 Å².